The van der Waals surface area contributed by atoms with E-state index in [1.165, 1.54) is 45.5 Å². The van der Waals surface area contributed by atoms with Crippen LogP contribution in [0, 0.1) is 12.1 Å². The first-order valence-electron chi connectivity index (χ1n) is 11.9. The van der Waals surface area contributed by atoms with Gasteiger partial charge in [-0.05, 0) is 28.4 Å². The summed E-state index contributed by atoms with van der Waals surface area (Å²) in [5.41, 5.74) is 8.93. The molecule has 0 radical (unpaired) electrons. The van der Waals surface area contributed by atoms with Crippen molar-refractivity contribution in [1.29, 1.82) is 0 Å². The van der Waals surface area contributed by atoms with Crippen molar-refractivity contribution in [2.45, 2.75) is 91.1 Å². The van der Waals surface area contributed by atoms with Crippen molar-refractivity contribution in [3.05, 3.63) is 83.0 Å². The van der Waals surface area contributed by atoms with Gasteiger partial charge in [0.1, 0.15) is 0 Å². The van der Waals surface area contributed by atoms with Gasteiger partial charge in [0.25, 0.3) is 0 Å². The summed E-state index contributed by atoms with van der Waals surface area (Å²) in [5.74, 6) is 0. The van der Waals surface area contributed by atoms with Crippen molar-refractivity contribution in [2.24, 2.45) is 0 Å². The Morgan fingerprint density at radius 3 is 1.91 bits per heavy atom. The van der Waals surface area contributed by atoms with Crippen molar-refractivity contribution >= 4 is 5.43 Å². The molecule has 0 heterocycles. The first-order valence-corrected chi connectivity index (χ1v) is 17.5. The Labute approximate surface area is 237 Å². The summed E-state index contributed by atoms with van der Waals surface area (Å²) in [7, 11) is 0. The Bertz CT molecular complexity index is 914. The Morgan fingerprint density at radius 1 is 0.882 bits per heavy atom. The Hall–Kier alpha value is -0.400. The van der Waals surface area contributed by atoms with Crippen LogP contribution in [0.5, 0.6) is 0 Å². The van der Waals surface area contributed by atoms with E-state index in [-0.39, 0.29) is 41.1 Å². The van der Waals surface area contributed by atoms with Gasteiger partial charge in [0, 0.05) is 0 Å². The second-order valence-corrected chi connectivity index (χ2v) is 18.5. The molecule has 0 nitrogen and oxygen atoms in total. The van der Waals surface area contributed by atoms with E-state index < -0.39 is 0 Å². The molecular weight excluding hydrogens is 551 g/mol. The molecule has 0 amide bonds. The third kappa shape index (κ3) is 9.93. The van der Waals surface area contributed by atoms with Crippen LogP contribution >= 0.6 is 0 Å². The van der Waals surface area contributed by atoms with Crippen LogP contribution in [0.4, 0.5) is 0 Å². The monoisotopic (exact) mass is 588 g/mol. The van der Waals surface area contributed by atoms with E-state index in [4.69, 9.17) is 0 Å². The van der Waals surface area contributed by atoms with Gasteiger partial charge in [0.15, 0.2) is 0 Å². The fraction of sp³-hybridized carbons (Fsp3) is 0.467. The van der Waals surface area contributed by atoms with Crippen LogP contribution in [-0.4, -0.2) is 5.43 Å². The number of hydrogen-bond acceptors (Lipinski definition) is 0. The second-order valence-electron chi connectivity index (χ2n) is 10.6. The summed E-state index contributed by atoms with van der Waals surface area (Å²) >= 11 is 1.80. The minimum absolute atomic E-state index is 0. The molecule has 0 atom stereocenters. The van der Waals surface area contributed by atoms with Gasteiger partial charge in [-0.25, -0.2) is 12.2 Å². The molecule has 4 heteroatoms. The Kier molecular flexibility index (Phi) is 14.8. The predicted octanol–water partition coefficient (Wildman–Crippen LogP) is 2.53. The molecule has 0 saturated heterocycles. The summed E-state index contributed by atoms with van der Waals surface area (Å²) in [6, 6.07) is 18.1. The maximum absolute atomic E-state index is 3.67. The number of allylic oxidation sites excluding steroid dienone is 4. The van der Waals surface area contributed by atoms with Gasteiger partial charge in [0.05, 0.1) is 0 Å². The fourth-order valence-electron chi connectivity index (χ4n) is 3.62. The second kappa shape index (κ2) is 15.0. The minimum atomic E-state index is 0. The standard InChI is InChI=1S/C21H25.C5H5.C4H10Si.2ClH.Zr/c1-20(2,3)16-7-9-18-14(12-16)11-15-13-17(21(4,5)6)8-10-19(15)18;1-2-4-5-3-1;1-3-5-4-2;;;/h7-10,12H,11H2,1-6H3;1-3H,4H2;3-4H2,1-2H3;2*1H;/q2*-1;;;;+2/p-2. The van der Waals surface area contributed by atoms with Gasteiger partial charge in [-0.3, -0.25) is 6.08 Å². The van der Waals surface area contributed by atoms with Gasteiger partial charge in [-0.2, -0.15) is 29.8 Å². The smallest absolute Gasteiger partial charge is 0.109 e. The number of hydrogen-bond donors (Lipinski definition) is 0. The van der Waals surface area contributed by atoms with Crippen LogP contribution in [0.15, 0.2) is 48.6 Å². The summed E-state index contributed by atoms with van der Waals surface area (Å²) in [5, 5.41) is 0. The number of halogens is 2. The number of benzene rings is 2. The van der Waals surface area contributed by atoms with Crippen LogP contribution in [0.2, 0.25) is 12.1 Å². The van der Waals surface area contributed by atoms with Crippen LogP contribution < -0.4 is 24.8 Å². The van der Waals surface area contributed by atoms with Crippen molar-refractivity contribution in [3.8, 4) is 11.1 Å². The van der Waals surface area contributed by atoms with Crippen molar-refractivity contribution in [1.82, 2.24) is 0 Å². The van der Waals surface area contributed by atoms with E-state index in [2.05, 4.69) is 104 Å². The van der Waals surface area contributed by atoms with Gasteiger partial charge in [0.2, 0.25) is 0 Å². The molecule has 0 fully saturated rings. The van der Waals surface area contributed by atoms with E-state index in [0.717, 1.165) is 12.8 Å². The van der Waals surface area contributed by atoms with Gasteiger partial charge in [-0.1, -0.05) is 65.3 Å². The molecule has 0 saturated carbocycles. The van der Waals surface area contributed by atoms with E-state index in [0.29, 0.717) is 0 Å². The van der Waals surface area contributed by atoms with E-state index in [9.17, 15) is 0 Å². The van der Waals surface area contributed by atoms with Gasteiger partial charge in [-0.15, -0.1) is 17.5 Å². The van der Waals surface area contributed by atoms with Crippen LogP contribution in [0.25, 0.3) is 11.1 Å². The third-order valence-corrected chi connectivity index (χ3v) is 12.8. The number of fused-ring (bicyclic) bond motifs is 3. The summed E-state index contributed by atoms with van der Waals surface area (Å²) in [6.07, 6.45) is 11.0. The Morgan fingerprint density at radius 2 is 1.50 bits per heavy atom. The zero-order valence-corrected chi connectivity index (χ0v) is 27.2. The quantitative estimate of drug-likeness (QED) is 0.318. The molecule has 2 aromatic rings. The van der Waals surface area contributed by atoms with Gasteiger partial charge < -0.3 is 24.8 Å². The normalized spacial score (nSPS) is 12.8. The first-order chi connectivity index (χ1) is 15.0. The molecule has 4 rings (SSSR count). The molecule has 0 aromatic heterocycles. The molecule has 0 N–H and O–H groups in total. The molecule has 0 unspecified atom stereocenters. The molecular formula is C30H40Cl2SiZr-2. The topological polar surface area (TPSA) is 0 Å². The SMILES string of the molecule is CC(C)(C)c1[c-]c2c(cc1)-c1ccc(C(C)(C)C)cc1C2.CC[Si](=[Zr+2])CC.[C-]1=CC=CC1.[Cl-].[Cl-]. The molecule has 34 heavy (non-hydrogen) atoms. The summed E-state index contributed by atoms with van der Waals surface area (Å²) in [6.45, 7) is 18.2. The van der Waals surface area contributed by atoms with Crippen molar-refractivity contribution < 1.29 is 48.1 Å². The van der Waals surface area contributed by atoms with Crippen LogP contribution in [-0.2, 0) is 40.6 Å². The maximum Gasteiger partial charge on any atom is -0.109 e. The third-order valence-electron chi connectivity index (χ3n) is 5.90. The van der Waals surface area contributed by atoms with Gasteiger partial charge >= 0.3 is 54.7 Å². The average Bonchev–Trinajstić information content (AvgIpc) is 3.42. The van der Waals surface area contributed by atoms with Crippen LogP contribution in [0.1, 0.15) is 84.1 Å². The maximum atomic E-state index is 3.67. The molecule has 184 valence electrons. The molecule has 0 spiro atoms. The zero-order valence-electron chi connectivity index (χ0n) is 22.2. The molecule has 2 aliphatic rings. The molecule has 0 bridgehead atoms. The predicted molar refractivity (Wildman–Crippen MR) is 139 cm³/mol. The van der Waals surface area contributed by atoms with Crippen LogP contribution in [0.3, 0.4) is 0 Å². The zero-order chi connectivity index (χ0) is 23.9. The van der Waals surface area contributed by atoms with Crippen molar-refractivity contribution in [2.75, 3.05) is 0 Å². The minimum Gasteiger partial charge on any atom is -1.00 e. The van der Waals surface area contributed by atoms with E-state index >= 15 is 0 Å². The largest absolute Gasteiger partial charge is 1.00 e. The summed E-state index contributed by atoms with van der Waals surface area (Å²) < 4.78 is 0. The average molecular weight is 591 g/mol. The van der Waals surface area contributed by atoms with Crippen molar-refractivity contribution in [3.63, 3.8) is 0 Å². The van der Waals surface area contributed by atoms with E-state index in [1.807, 2.05) is 12.2 Å². The number of rotatable bonds is 2. The van der Waals surface area contributed by atoms with E-state index in [1.54, 1.807) is 23.3 Å². The Balaban J connectivity index is 0.000000700. The molecule has 2 aromatic carbocycles. The molecule has 0 aliphatic heterocycles. The molecule has 2 aliphatic carbocycles. The first kappa shape index (κ1) is 33.6. The summed E-state index contributed by atoms with van der Waals surface area (Å²) in [4.78, 5) is 0. The fourth-order valence-corrected chi connectivity index (χ4v) is 4.12.